The highest BCUT2D eigenvalue weighted by Gasteiger charge is 2.15. The number of hydrogen-bond acceptors (Lipinski definition) is 4. The number of carbonyl (C=O) groups excluding carboxylic acids is 1. The Kier molecular flexibility index (Phi) is 4.81. The lowest BCUT2D eigenvalue weighted by Gasteiger charge is -2.13. The first-order valence-electron chi connectivity index (χ1n) is 7.46. The van der Waals surface area contributed by atoms with Gasteiger partial charge < -0.3 is 25.2 Å². The van der Waals surface area contributed by atoms with Crippen LogP contribution in [0.2, 0.25) is 0 Å². The molecular formula is C17H17FN2O4. The summed E-state index contributed by atoms with van der Waals surface area (Å²) >= 11 is 0. The van der Waals surface area contributed by atoms with Crippen LogP contribution < -0.4 is 20.1 Å². The number of fused-ring (bicyclic) bond motifs is 1. The van der Waals surface area contributed by atoms with Crippen molar-refractivity contribution in [3.63, 3.8) is 0 Å². The quantitative estimate of drug-likeness (QED) is 0.783. The van der Waals surface area contributed by atoms with Crippen LogP contribution >= 0.6 is 0 Å². The maximum atomic E-state index is 13.5. The number of halogens is 1. The van der Waals surface area contributed by atoms with Crippen LogP contribution in [0.5, 0.6) is 11.5 Å². The summed E-state index contributed by atoms with van der Waals surface area (Å²) in [4.78, 5) is 11.8. The molecule has 6 nitrogen and oxygen atoms in total. The number of aliphatic hydroxyl groups is 1. The molecule has 0 spiro atoms. The van der Waals surface area contributed by atoms with Crippen LogP contribution in [0.3, 0.4) is 0 Å². The monoisotopic (exact) mass is 332 g/mol. The molecule has 0 fully saturated rings. The number of rotatable bonds is 5. The molecule has 3 rings (SSSR count). The predicted molar refractivity (Wildman–Crippen MR) is 84.2 cm³/mol. The van der Waals surface area contributed by atoms with Crippen molar-refractivity contribution in [1.29, 1.82) is 0 Å². The molecule has 0 bridgehead atoms. The Bertz CT molecular complexity index is 738. The van der Waals surface area contributed by atoms with Crippen molar-refractivity contribution in [1.82, 2.24) is 10.6 Å². The highest BCUT2D eigenvalue weighted by atomic mass is 19.1. The molecule has 1 aliphatic heterocycles. The van der Waals surface area contributed by atoms with Gasteiger partial charge in [0.1, 0.15) is 5.82 Å². The van der Waals surface area contributed by atoms with Gasteiger partial charge in [0, 0.05) is 18.7 Å². The molecule has 7 heteroatoms. The summed E-state index contributed by atoms with van der Waals surface area (Å²) in [5.74, 6) is 0.813. The minimum absolute atomic E-state index is 0.0894. The maximum Gasteiger partial charge on any atom is 0.315 e. The lowest BCUT2D eigenvalue weighted by Crippen LogP contribution is -2.37. The lowest BCUT2D eigenvalue weighted by molar-refractivity contribution is 0.169. The van der Waals surface area contributed by atoms with E-state index in [4.69, 9.17) is 9.47 Å². The number of ether oxygens (including phenoxy) is 2. The van der Waals surface area contributed by atoms with Crippen molar-refractivity contribution in [2.24, 2.45) is 0 Å². The summed E-state index contributed by atoms with van der Waals surface area (Å²) < 4.78 is 24.0. The van der Waals surface area contributed by atoms with Crippen LogP contribution in [0.15, 0.2) is 42.5 Å². The van der Waals surface area contributed by atoms with Gasteiger partial charge in [0.05, 0.1) is 6.10 Å². The van der Waals surface area contributed by atoms with Gasteiger partial charge >= 0.3 is 6.03 Å². The minimum atomic E-state index is -1.11. The van der Waals surface area contributed by atoms with Gasteiger partial charge in [-0.1, -0.05) is 24.3 Å². The molecule has 0 saturated carbocycles. The zero-order chi connectivity index (χ0) is 16.9. The topological polar surface area (TPSA) is 79.8 Å². The van der Waals surface area contributed by atoms with E-state index in [0.717, 1.165) is 5.56 Å². The maximum absolute atomic E-state index is 13.5. The number of hydrogen-bond donors (Lipinski definition) is 3. The van der Waals surface area contributed by atoms with Crippen LogP contribution in [0.25, 0.3) is 0 Å². The molecule has 1 aliphatic rings. The molecule has 24 heavy (non-hydrogen) atoms. The third-order valence-corrected chi connectivity index (χ3v) is 3.61. The van der Waals surface area contributed by atoms with Crippen LogP contribution in [-0.2, 0) is 6.54 Å². The van der Waals surface area contributed by atoms with Gasteiger partial charge in [-0.3, -0.25) is 0 Å². The Labute approximate surface area is 138 Å². The molecule has 0 unspecified atom stereocenters. The van der Waals surface area contributed by atoms with Crippen molar-refractivity contribution in [2.75, 3.05) is 13.3 Å². The molecule has 0 radical (unpaired) electrons. The third kappa shape index (κ3) is 3.75. The molecule has 0 saturated heterocycles. The number of benzene rings is 2. The summed E-state index contributed by atoms with van der Waals surface area (Å²) in [6.45, 7) is 0.396. The molecule has 1 heterocycles. The van der Waals surface area contributed by atoms with Gasteiger partial charge in [0.15, 0.2) is 11.5 Å². The van der Waals surface area contributed by atoms with Gasteiger partial charge in [-0.2, -0.15) is 0 Å². The lowest BCUT2D eigenvalue weighted by atomic mass is 10.1. The summed E-state index contributed by atoms with van der Waals surface area (Å²) in [5.41, 5.74) is 0.998. The normalized spacial score (nSPS) is 13.4. The van der Waals surface area contributed by atoms with E-state index in [1.165, 1.54) is 18.2 Å². The van der Waals surface area contributed by atoms with Crippen LogP contribution in [0, 0.1) is 5.82 Å². The van der Waals surface area contributed by atoms with E-state index < -0.39 is 18.0 Å². The fourth-order valence-corrected chi connectivity index (χ4v) is 2.34. The molecule has 2 aromatic carbocycles. The first-order valence-corrected chi connectivity index (χ1v) is 7.46. The highest BCUT2D eigenvalue weighted by Crippen LogP contribution is 2.32. The summed E-state index contributed by atoms with van der Waals surface area (Å²) in [5, 5.41) is 15.1. The van der Waals surface area contributed by atoms with E-state index in [0.29, 0.717) is 11.5 Å². The largest absolute Gasteiger partial charge is 0.454 e. The Morgan fingerprint density at radius 1 is 1.17 bits per heavy atom. The second-order valence-corrected chi connectivity index (χ2v) is 5.29. The molecule has 0 aliphatic carbocycles. The number of amides is 2. The number of carbonyl (C=O) groups is 1. The van der Waals surface area contributed by atoms with Crippen molar-refractivity contribution in [3.8, 4) is 11.5 Å². The second-order valence-electron chi connectivity index (χ2n) is 5.29. The average Bonchev–Trinajstić information content (AvgIpc) is 3.06. The van der Waals surface area contributed by atoms with Crippen molar-refractivity contribution < 1.29 is 23.8 Å². The Balaban J connectivity index is 1.47. The molecule has 0 aromatic heterocycles. The standard InChI is InChI=1S/C17H17FN2O4/c18-13-4-2-1-3-12(13)14(21)9-20-17(22)19-8-11-5-6-15-16(7-11)24-10-23-15/h1-7,14,21H,8-10H2,(H2,19,20,22)/t14-/m0/s1. The second kappa shape index (κ2) is 7.18. The molecule has 1 atom stereocenters. The zero-order valence-corrected chi connectivity index (χ0v) is 12.8. The molecule has 2 amide bonds. The number of nitrogens with one attached hydrogen (secondary N) is 2. The van der Waals surface area contributed by atoms with Crippen molar-refractivity contribution in [2.45, 2.75) is 12.6 Å². The first kappa shape index (κ1) is 16.1. The first-order chi connectivity index (χ1) is 11.6. The van der Waals surface area contributed by atoms with Crippen LogP contribution in [0.1, 0.15) is 17.2 Å². The minimum Gasteiger partial charge on any atom is -0.454 e. The van der Waals surface area contributed by atoms with Gasteiger partial charge in [-0.15, -0.1) is 0 Å². The van der Waals surface area contributed by atoms with Gasteiger partial charge in [-0.05, 0) is 23.8 Å². The SMILES string of the molecule is O=C(NCc1ccc2c(c1)OCO2)NC[C@H](O)c1ccccc1F. The van der Waals surface area contributed by atoms with E-state index in [2.05, 4.69) is 10.6 Å². The smallest absolute Gasteiger partial charge is 0.315 e. The predicted octanol–water partition coefficient (Wildman–Crippen LogP) is 2.09. The molecule has 3 N–H and O–H groups in total. The van der Waals surface area contributed by atoms with Gasteiger partial charge in [-0.25, -0.2) is 9.18 Å². The van der Waals surface area contributed by atoms with Crippen LogP contribution in [0.4, 0.5) is 9.18 Å². The Hall–Kier alpha value is -2.80. The van der Waals surface area contributed by atoms with Crippen LogP contribution in [-0.4, -0.2) is 24.5 Å². The van der Waals surface area contributed by atoms with E-state index in [1.54, 1.807) is 18.2 Å². The summed E-state index contributed by atoms with van der Waals surface area (Å²) in [6.07, 6.45) is -1.11. The molecule has 126 valence electrons. The van der Waals surface area contributed by atoms with E-state index in [1.807, 2.05) is 6.07 Å². The van der Waals surface area contributed by atoms with Crippen molar-refractivity contribution in [3.05, 3.63) is 59.4 Å². The highest BCUT2D eigenvalue weighted by molar-refractivity contribution is 5.73. The summed E-state index contributed by atoms with van der Waals surface area (Å²) in [6, 6.07) is 10.8. The van der Waals surface area contributed by atoms with Gasteiger partial charge in [0.2, 0.25) is 6.79 Å². The Morgan fingerprint density at radius 3 is 2.79 bits per heavy atom. The summed E-state index contributed by atoms with van der Waals surface area (Å²) in [7, 11) is 0. The van der Waals surface area contributed by atoms with Crippen molar-refractivity contribution >= 4 is 6.03 Å². The molecule has 2 aromatic rings. The van der Waals surface area contributed by atoms with E-state index >= 15 is 0 Å². The molecular weight excluding hydrogens is 315 g/mol. The number of urea groups is 1. The Morgan fingerprint density at radius 2 is 1.96 bits per heavy atom. The zero-order valence-electron chi connectivity index (χ0n) is 12.8. The van der Waals surface area contributed by atoms with Gasteiger partial charge in [0.25, 0.3) is 0 Å². The third-order valence-electron chi connectivity index (χ3n) is 3.61. The number of aliphatic hydroxyl groups excluding tert-OH is 1. The van der Waals surface area contributed by atoms with E-state index in [-0.39, 0.29) is 25.4 Å². The fourth-order valence-electron chi connectivity index (χ4n) is 2.34. The fraction of sp³-hybridized carbons (Fsp3) is 0.235. The average molecular weight is 332 g/mol. The van der Waals surface area contributed by atoms with E-state index in [9.17, 15) is 14.3 Å².